The van der Waals surface area contributed by atoms with E-state index in [2.05, 4.69) is 36.8 Å². The van der Waals surface area contributed by atoms with Crippen molar-refractivity contribution in [3.8, 4) is 0 Å². The lowest BCUT2D eigenvalue weighted by Crippen LogP contribution is -2.31. The number of nitrogens with zero attached hydrogens (tertiary/aromatic N) is 1. The summed E-state index contributed by atoms with van der Waals surface area (Å²) in [5, 5.41) is 0. The van der Waals surface area contributed by atoms with Crippen LogP contribution in [0.25, 0.3) is 0 Å². The number of aromatic amines is 1. The van der Waals surface area contributed by atoms with Gasteiger partial charge in [-0.25, -0.2) is 4.79 Å². The van der Waals surface area contributed by atoms with Gasteiger partial charge in [0.05, 0.1) is 19.7 Å². The van der Waals surface area contributed by atoms with Gasteiger partial charge in [0, 0.05) is 6.20 Å². The van der Waals surface area contributed by atoms with Crippen LogP contribution in [0.4, 0.5) is 0 Å². The van der Waals surface area contributed by atoms with E-state index in [1.807, 2.05) is 0 Å². The Morgan fingerprint density at radius 1 is 1.33 bits per heavy atom. The Morgan fingerprint density at radius 3 is 2.67 bits per heavy atom. The van der Waals surface area contributed by atoms with Gasteiger partial charge >= 0.3 is 5.69 Å². The highest BCUT2D eigenvalue weighted by Crippen LogP contribution is 2.22. The van der Waals surface area contributed by atoms with Crippen LogP contribution < -0.4 is 11.2 Å². The molecule has 0 aliphatic rings. The molecule has 0 bridgehead atoms. The van der Waals surface area contributed by atoms with Gasteiger partial charge in [0.25, 0.3) is 5.56 Å². The Morgan fingerprint density at radius 2 is 2.06 bits per heavy atom. The van der Waals surface area contributed by atoms with Crippen molar-refractivity contribution in [3.63, 3.8) is 0 Å². The average Bonchev–Trinajstić information content (AvgIpc) is 2.73. The van der Waals surface area contributed by atoms with Crippen LogP contribution in [0.3, 0.4) is 0 Å². The quantitative estimate of drug-likeness (QED) is 0.810. The summed E-state index contributed by atoms with van der Waals surface area (Å²) < 4.78 is 2.21. The number of hydrogen-bond acceptors (Lipinski definition) is 4. The van der Waals surface area contributed by atoms with E-state index in [0.717, 1.165) is 8.35 Å². The lowest BCUT2D eigenvalue weighted by atomic mass is 10.3. The van der Waals surface area contributed by atoms with E-state index >= 15 is 0 Å². The summed E-state index contributed by atoms with van der Waals surface area (Å²) in [6, 6.07) is 3.45. The number of carbonyl (C=O) groups is 1. The molecule has 0 spiro atoms. The lowest BCUT2D eigenvalue weighted by molar-refractivity contribution is 0.0974. The Hall–Kier alpha value is -0.990. The number of aromatic nitrogens is 2. The van der Waals surface area contributed by atoms with Crippen molar-refractivity contribution in [2.75, 3.05) is 0 Å². The van der Waals surface area contributed by atoms with Crippen molar-refractivity contribution in [1.29, 1.82) is 0 Å². The van der Waals surface area contributed by atoms with Crippen LogP contribution >= 0.6 is 43.2 Å². The lowest BCUT2D eigenvalue weighted by Gasteiger charge is -2.03. The molecule has 2 aromatic rings. The fraction of sp³-hybridized carbons (Fsp3) is 0.100. The predicted molar refractivity (Wildman–Crippen MR) is 75.4 cm³/mol. The van der Waals surface area contributed by atoms with Gasteiger partial charge in [-0.2, -0.15) is 0 Å². The molecule has 0 aliphatic carbocycles. The molecule has 18 heavy (non-hydrogen) atoms. The van der Waals surface area contributed by atoms with E-state index in [1.54, 1.807) is 12.1 Å². The van der Waals surface area contributed by atoms with Crippen LogP contribution in [-0.4, -0.2) is 15.3 Å². The molecule has 1 N–H and O–H groups in total. The van der Waals surface area contributed by atoms with E-state index in [1.165, 1.54) is 17.5 Å². The number of rotatable bonds is 3. The van der Waals surface area contributed by atoms with Crippen molar-refractivity contribution in [3.05, 3.63) is 52.3 Å². The number of carbonyl (C=O) groups excluding carboxylic acids is 1. The van der Waals surface area contributed by atoms with Crippen molar-refractivity contribution < 1.29 is 4.79 Å². The van der Waals surface area contributed by atoms with Crippen molar-refractivity contribution in [2.24, 2.45) is 0 Å². The predicted octanol–water partition coefficient (Wildman–Crippen LogP) is 2.01. The number of thiophene rings is 1. The molecule has 0 amide bonds. The molecule has 5 nitrogen and oxygen atoms in total. The van der Waals surface area contributed by atoms with Gasteiger partial charge in [-0.15, -0.1) is 11.3 Å². The van der Waals surface area contributed by atoms with E-state index in [9.17, 15) is 14.4 Å². The fourth-order valence-corrected chi connectivity index (χ4v) is 2.96. The van der Waals surface area contributed by atoms with Gasteiger partial charge in [-0.05, 0) is 44.0 Å². The van der Waals surface area contributed by atoms with Gasteiger partial charge in [0.2, 0.25) is 0 Å². The SMILES string of the molecule is O=C(Cn1cc(Br)c(=O)[nH]c1=O)c1ccc(Br)s1. The first-order chi connectivity index (χ1) is 8.47. The Labute approximate surface area is 122 Å². The third kappa shape index (κ3) is 2.88. The maximum Gasteiger partial charge on any atom is 0.328 e. The van der Waals surface area contributed by atoms with Crippen LogP contribution in [0.15, 0.2) is 36.2 Å². The molecule has 0 fully saturated rings. The van der Waals surface area contributed by atoms with E-state index in [4.69, 9.17) is 0 Å². The summed E-state index contributed by atoms with van der Waals surface area (Å²) in [7, 11) is 0. The summed E-state index contributed by atoms with van der Waals surface area (Å²) in [4.78, 5) is 37.2. The molecular formula is C10H6Br2N2O3S. The second-order valence-electron chi connectivity index (χ2n) is 3.39. The van der Waals surface area contributed by atoms with Gasteiger partial charge in [0.15, 0.2) is 5.78 Å². The number of halogens is 2. The number of ketones is 1. The number of H-pyrrole nitrogens is 1. The molecule has 2 aromatic heterocycles. The molecule has 0 unspecified atom stereocenters. The van der Waals surface area contributed by atoms with Gasteiger partial charge in [-0.1, -0.05) is 0 Å². The first-order valence-corrected chi connectivity index (χ1v) is 7.15. The van der Waals surface area contributed by atoms with Gasteiger partial charge in [-0.3, -0.25) is 19.1 Å². The van der Waals surface area contributed by atoms with Crippen molar-refractivity contribution in [2.45, 2.75) is 6.54 Å². The molecule has 2 rings (SSSR count). The first-order valence-electron chi connectivity index (χ1n) is 4.75. The molecule has 0 saturated heterocycles. The van der Waals surface area contributed by atoms with Crippen LogP contribution in [0.2, 0.25) is 0 Å². The molecule has 2 heterocycles. The smallest absolute Gasteiger partial charge is 0.292 e. The van der Waals surface area contributed by atoms with E-state index in [0.29, 0.717) is 4.88 Å². The third-order valence-corrected chi connectivity index (χ3v) is 4.36. The molecule has 0 aliphatic heterocycles. The minimum atomic E-state index is -0.604. The molecule has 0 saturated carbocycles. The first kappa shape index (κ1) is 13.4. The fourth-order valence-electron chi connectivity index (χ4n) is 1.30. The second kappa shape index (κ2) is 5.33. The Kier molecular flexibility index (Phi) is 3.98. The summed E-state index contributed by atoms with van der Waals surface area (Å²) in [6.45, 7) is -0.110. The molecular weight excluding hydrogens is 388 g/mol. The highest BCUT2D eigenvalue weighted by atomic mass is 79.9. The Balaban J connectivity index is 2.30. The van der Waals surface area contributed by atoms with Gasteiger partial charge in [0.1, 0.15) is 0 Å². The summed E-state index contributed by atoms with van der Waals surface area (Å²) >= 11 is 7.57. The van der Waals surface area contributed by atoms with Gasteiger partial charge < -0.3 is 0 Å². The van der Waals surface area contributed by atoms with Crippen LogP contribution in [0, 0.1) is 0 Å². The molecule has 0 atom stereocenters. The molecule has 8 heteroatoms. The molecule has 94 valence electrons. The average molecular weight is 394 g/mol. The Bertz CT molecular complexity index is 716. The van der Waals surface area contributed by atoms with Crippen LogP contribution in [0.5, 0.6) is 0 Å². The van der Waals surface area contributed by atoms with Crippen molar-refractivity contribution in [1.82, 2.24) is 9.55 Å². The number of nitrogens with one attached hydrogen (secondary N) is 1. The summed E-state index contributed by atoms with van der Waals surface area (Å²) in [5.41, 5.74) is -1.12. The summed E-state index contributed by atoms with van der Waals surface area (Å²) in [5.74, 6) is -0.188. The number of Topliss-reactive ketones (excluding diaryl/α,β-unsaturated/α-hetero) is 1. The minimum absolute atomic E-state index is 0.110. The topological polar surface area (TPSA) is 71.9 Å². The zero-order chi connectivity index (χ0) is 13.3. The maximum atomic E-state index is 11.9. The van der Waals surface area contributed by atoms with Crippen molar-refractivity contribution >= 4 is 49.0 Å². The largest absolute Gasteiger partial charge is 0.328 e. The number of hydrogen-bond donors (Lipinski definition) is 1. The third-order valence-electron chi connectivity index (χ3n) is 2.13. The van der Waals surface area contributed by atoms with Crippen LogP contribution in [-0.2, 0) is 6.54 Å². The highest BCUT2D eigenvalue weighted by molar-refractivity contribution is 9.11. The highest BCUT2D eigenvalue weighted by Gasteiger charge is 2.11. The zero-order valence-corrected chi connectivity index (χ0v) is 12.8. The zero-order valence-electron chi connectivity index (χ0n) is 8.78. The molecule has 0 radical (unpaired) electrons. The minimum Gasteiger partial charge on any atom is -0.292 e. The summed E-state index contributed by atoms with van der Waals surface area (Å²) in [6.07, 6.45) is 1.31. The van der Waals surface area contributed by atoms with Crippen LogP contribution in [0.1, 0.15) is 9.67 Å². The van der Waals surface area contributed by atoms with E-state index < -0.39 is 11.2 Å². The second-order valence-corrected chi connectivity index (χ2v) is 6.71. The monoisotopic (exact) mass is 392 g/mol. The maximum absolute atomic E-state index is 11.9. The standard InChI is InChI=1S/C10H6Br2N2O3S/c11-5-3-14(10(17)13-9(5)16)4-6(15)7-1-2-8(12)18-7/h1-3H,4H2,(H,13,16,17). The normalized spacial score (nSPS) is 10.6. The molecule has 0 aromatic carbocycles. The van der Waals surface area contributed by atoms with E-state index in [-0.39, 0.29) is 16.8 Å².